The summed E-state index contributed by atoms with van der Waals surface area (Å²) in [6, 6.07) is 3.30. The molecule has 0 aliphatic heterocycles. The highest BCUT2D eigenvalue weighted by Crippen LogP contribution is 2.10. The minimum absolute atomic E-state index is 0.221. The lowest BCUT2D eigenvalue weighted by Crippen LogP contribution is -2.26. The zero-order valence-corrected chi connectivity index (χ0v) is 9.38. The largest absolute Gasteiger partial charge is 0.455 e. The third-order valence-electron chi connectivity index (χ3n) is 2.27. The molecule has 2 aromatic heterocycles. The molecule has 0 bridgehead atoms. The van der Waals surface area contributed by atoms with E-state index in [9.17, 15) is 4.79 Å². The van der Waals surface area contributed by atoms with Crippen LogP contribution in [0.15, 0.2) is 22.9 Å². The van der Waals surface area contributed by atoms with E-state index in [1.165, 1.54) is 11.2 Å². The molecule has 0 unspecified atom stereocenters. The maximum atomic E-state index is 11.9. The molecule has 90 valence electrons. The van der Waals surface area contributed by atoms with Gasteiger partial charge in [-0.25, -0.2) is 4.98 Å². The number of carbonyl (C=O) groups is 1. The molecule has 17 heavy (non-hydrogen) atoms. The summed E-state index contributed by atoms with van der Waals surface area (Å²) in [6.07, 6.45) is 1.40. The second-order valence-corrected chi connectivity index (χ2v) is 3.56. The molecule has 0 atom stereocenters. The Bertz CT molecular complexity index is 491. The van der Waals surface area contributed by atoms with Crippen LogP contribution in [0.25, 0.3) is 0 Å². The first-order valence-corrected chi connectivity index (χ1v) is 5.09. The summed E-state index contributed by atoms with van der Waals surface area (Å²) in [5, 5.41) is 6.40. The highest BCUT2D eigenvalue weighted by molar-refractivity contribution is 5.91. The molecule has 0 saturated heterocycles. The summed E-state index contributed by atoms with van der Waals surface area (Å²) in [5.41, 5.74) is 5.41. The molecule has 1 amide bonds. The van der Waals surface area contributed by atoms with Gasteiger partial charge in [0.05, 0.1) is 13.1 Å². The van der Waals surface area contributed by atoms with Gasteiger partial charge in [-0.15, -0.1) is 0 Å². The molecule has 2 rings (SSSR count). The number of aromatic amines is 1. The Morgan fingerprint density at radius 3 is 3.00 bits per heavy atom. The highest BCUT2D eigenvalue weighted by atomic mass is 16.4. The molecule has 0 spiro atoms. The molecule has 0 fully saturated rings. The van der Waals surface area contributed by atoms with Crippen molar-refractivity contribution >= 4 is 5.91 Å². The van der Waals surface area contributed by atoms with Crippen LogP contribution in [0.1, 0.15) is 22.1 Å². The Morgan fingerprint density at radius 1 is 1.59 bits per heavy atom. The standard InChI is InChI=1S/C10H13N5O2/c1-15(5-9-12-6-13-14-9)10(16)8-3-2-7(4-11)17-8/h2-3,6H,4-5,11H2,1H3,(H,12,13,14). The maximum Gasteiger partial charge on any atom is 0.289 e. The van der Waals surface area contributed by atoms with E-state index in [4.69, 9.17) is 10.2 Å². The molecule has 0 saturated carbocycles. The number of amides is 1. The van der Waals surface area contributed by atoms with Crippen LogP contribution >= 0.6 is 0 Å². The van der Waals surface area contributed by atoms with Crippen LogP contribution in [0.4, 0.5) is 0 Å². The quantitative estimate of drug-likeness (QED) is 0.784. The second-order valence-electron chi connectivity index (χ2n) is 3.56. The lowest BCUT2D eigenvalue weighted by atomic mass is 10.3. The van der Waals surface area contributed by atoms with Gasteiger partial charge in [0.1, 0.15) is 17.9 Å². The monoisotopic (exact) mass is 235 g/mol. The molecule has 0 radical (unpaired) electrons. The molecule has 0 aliphatic carbocycles. The third-order valence-corrected chi connectivity index (χ3v) is 2.27. The zero-order valence-electron chi connectivity index (χ0n) is 9.38. The molecule has 2 heterocycles. The fraction of sp³-hybridized carbons (Fsp3) is 0.300. The number of nitrogens with zero attached hydrogens (tertiary/aromatic N) is 3. The maximum absolute atomic E-state index is 11.9. The van der Waals surface area contributed by atoms with E-state index in [0.717, 1.165) is 0 Å². The average molecular weight is 235 g/mol. The minimum Gasteiger partial charge on any atom is -0.455 e. The molecule has 7 heteroatoms. The van der Waals surface area contributed by atoms with Crippen LogP contribution in [0.5, 0.6) is 0 Å². The predicted octanol–water partition coefficient (Wildman–Crippen LogP) is 0.129. The van der Waals surface area contributed by atoms with Gasteiger partial charge in [0.2, 0.25) is 0 Å². The van der Waals surface area contributed by atoms with E-state index in [1.54, 1.807) is 19.2 Å². The zero-order chi connectivity index (χ0) is 12.3. The lowest BCUT2D eigenvalue weighted by molar-refractivity contribution is 0.0748. The van der Waals surface area contributed by atoms with Crippen LogP contribution in [-0.4, -0.2) is 33.0 Å². The van der Waals surface area contributed by atoms with Gasteiger partial charge in [-0.05, 0) is 12.1 Å². The van der Waals surface area contributed by atoms with E-state index >= 15 is 0 Å². The first-order valence-electron chi connectivity index (χ1n) is 5.09. The van der Waals surface area contributed by atoms with Crippen LogP contribution in [0, 0.1) is 0 Å². The summed E-state index contributed by atoms with van der Waals surface area (Å²) >= 11 is 0. The molecular weight excluding hydrogens is 222 g/mol. The fourth-order valence-corrected chi connectivity index (χ4v) is 1.39. The van der Waals surface area contributed by atoms with Gasteiger partial charge in [-0.3, -0.25) is 9.89 Å². The third kappa shape index (κ3) is 2.51. The number of rotatable bonds is 4. The summed E-state index contributed by atoms with van der Waals surface area (Å²) < 4.78 is 5.27. The number of hydrogen-bond donors (Lipinski definition) is 2. The Labute approximate surface area is 97.6 Å². The molecule has 7 nitrogen and oxygen atoms in total. The van der Waals surface area contributed by atoms with E-state index in [-0.39, 0.29) is 18.2 Å². The molecule has 3 N–H and O–H groups in total. The van der Waals surface area contributed by atoms with Gasteiger partial charge in [-0.1, -0.05) is 0 Å². The lowest BCUT2D eigenvalue weighted by Gasteiger charge is -2.13. The van der Waals surface area contributed by atoms with E-state index < -0.39 is 0 Å². The Kier molecular flexibility index (Phi) is 3.20. The van der Waals surface area contributed by atoms with Gasteiger partial charge in [0, 0.05) is 7.05 Å². The van der Waals surface area contributed by atoms with E-state index in [0.29, 0.717) is 18.1 Å². The van der Waals surface area contributed by atoms with Gasteiger partial charge in [0.15, 0.2) is 5.76 Å². The summed E-state index contributed by atoms with van der Waals surface area (Å²) in [4.78, 5) is 17.4. The summed E-state index contributed by atoms with van der Waals surface area (Å²) in [5.74, 6) is 1.25. The van der Waals surface area contributed by atoms with Gasteiger partial charge >= 0.3 is 0 Å². The number of nitrogens with one attached hydrogen (secondary N) is 1. The minimum atomic E-state index is -0.221. The molecular formula is C10H13N5O2. The Hall–Kier alpha value is -2.15. The smallest absolute Gasteiger partial charge is 0.289 e. The Morgan fingerprint density at radius 2 is 2.41 bits per heavy atom. The topological polar surface area (TPSA) is 101 Å². The van der Waals surface area contributed by atoms with Crippen molar-refractivity contribution in [3.63, 3.8) is 0 Å². The molecule has 0 aromatic carbocycles. The van der Waals surface area contributed by atoms with Gasteiger partial charge in [-0.2, -0.15) is 5.10 Å². The van der Waals surface area contributed by atoms with Crippen molar-refractivity contribution in [2.24, 2.45) is 5.73 Å². The normalized spacial score (nSPS) is 10.5. The number of nitrogens with two attached hydrogens (primary N) is 1. The first-order chi connectivity index (χ1) is 8.20. The second kappa shape index (κ2) is 4.79. The van der Waals surface area contributed by atoms with Crippen molar-refractivity contribution in [1.82, 2.24) is 20.1 Å². The van der Waals surface area contributed by atoms with Crippen LogP contribution < -0.4 is 5.73 Å². The summed E-state index contributed by atoms with van der Waals surface area (Å²) in [6.45, 7) is 0.622. The highest BCUT2D eigenvalue weighted by Gasteiger charge is 2.16. The molecule has 2 aromatic rings. The molecule has 0 aliphatic rings. The van der Waals surface area contributed by atoms with Crippen molar-refractivity contribution in [2.75, 3.05) is 7.05 Å². The number of H-pyrrole nitrogens is 1. The van der Waals surface area contributed by atoms with Crippen LogP contribution in [-0.2, 0) is 13.1 Å². The number of furan rings is 1. The summed E-state index contributed by atoms with van der Waals surface area (Å²) in [7, 11) is 1.66. The van der Waals surface area contributed by atoms with Crippen molar-refractivity contribution in [3.8, 4) is 0 Å². The van der Waals surface area contributed by atoms with Crippen molar-refractivity contribution in [2.45, 2.75) is 13.1 Å². The van der Waals surface area contributed by atoms with Crippen molar-refractivity contribution in [3.05, 3.63) is 35.8 Å². The predicted molar refractivity (Wildman–Crippen MR) is 58.8 cm³/mol. The average Bonchev–Trinajstić information content (AvgIpc) is 2.98. The van der Waals surface area contributed by atoms with Crippen LogP contribution in [0.3, 0.4) is 0 Å². The Balaban J connectivity index is 2.04. The van der Waals surface area contributed by atoms with Crippen molar-refractivity contribution < 1.29 is 9.21 Å². The number of carbonyl (C=O) groups excluding carboxylic acids is 1. The fourth-order valence-electron chi connectivity index (χ4n) is 1.39. The van der Waals surface area contributed by atoms with Gasteiger partial charge < -0.3 is 15.1 Å². The van der Waals surface area contributed by atoms with Gasteiger partial charge in [0.25, 0.3) is 5.91 Å². The first kappa shape index (κ1) is 11.3. The number of hydrogen-bond acceptors (Lipinski definition) is 5. The van der Waals surface area contributed by atoms with Crippen LogP contribution in [0.2, 0.25) is 0 Å². The van der Waals surface area contributed by atoms with E-state index in [1.807, 2.05) is 0 Å². The number of aromatic nitrogens is 3. The van der Waals surface area contributed by atoms with E-state index in [2.05, 4.69) is 15.2 Å². The SMILES string of the molecule is CN(Cc1ncn[nH]1)C(=O)c1ccc(CN)o1. The van der Waals surface area contributed by atoms with Crippen molar-refractivity contribution in [1.29, 1.82) is 0 Å².